The van der Waals surface area contributed by atoms with Gasteiger partial charge in [0.15, 0.2) is 0 Å². The average molecular weight is 178 g/mol. The average Bonchev–Trinajstić information content (AvgIpc) is 2.72. The van der Waals surface area contributed by atoms with E-state index in [2.05, 4.69) is 15.2 Å². The van der Waals surface area contributed by atoms with Crippen LogP contribution in [0.3, 0.4) is 0 Å². The molecule has 1 unspecified atom stereocenters. The van der Waals surface area contributed by atoms with Crippen LogP contribution in [0.15, 0.2) is 12.4 Å². The number of fused-ring (bicyclic) bond motifs is 3. The van der Waals surface area contributed by atoms with Crippen LogP contribution in [0.4, 0.5) is 0 Å². The maximum Gasteiger partial charge on any atom is 0.0693 e. The van der Waals surface area contributed by atoms with E-state index in [0.717, 1.165) is 5.92 Å². The maximum absolute atomic E-state index is 4.10. The summed E-state index contributed by atoms with van der Waals surface area (Å²) in [7, 11) is 0. The summed E-state index contributed by atoms with van der Waals surface area (Å²) >= 11 is 0. The van der Waals surface area contributed by atoms with Crippen LogP contribution in [0.5, 0.6) is 0 Å². The fourth-order valence-electron chi connectivity index (χ4n) is 2.63. The van der Waals surface area contributed by atoms with E-state index in [9.17, 15) is 0 Å². The SMILES string of the molecule is c1cn(C2CN3CCC2CC3)nn1. The van der Waals surface area contributed by atoms with E-state index >= 15 is 0 Å². The van der Waals surface area contributed by atoms with Crippen molar-refractivity contribution in [2.24, 2.45) is 5.92 Å². The van der Waals surface area contributed by atoms with Gasteiger partial charge in [0.1, 0.15) is 0 Å². The van der Waals surface area contributed by atoms with E-state index < -0.39 is 0 Å². The van der Waals surface area contributed by atoms with Gasteiger partial charge in [-0.05, 0) is 31.8 Å². The Labute approximate surface area is 77.5 Å². The highest BCUT2D eigenvalue weighted by Crippen LogP contribution is 2.34. The molecule has 0 spiro atoms. The highest BCUT2D eigenvalue weighted by Gasteiger charge is 2.35. The van der Waals surface area contributed by atoms with Crippen molar-refractivity contribution in [3.63, 3.8) is 0 Å². The van der Waals surface area contributed by atoms with Crippen LogP contribution in [0.25, 0.3) is 0 Å². The van der Waals surface area contributed by atoms with Crippen molar-refractivity contribution >= 4 is 0 Å². The molecule has 1 aromatic heterocycles. The predicted octanol–water partition coefficient (Wildman–Crippen LogP) is 0.545. The minimum atomic E-state index is 0.588. The number of aromatic nitrogens is 3. The molecule has 3 aliphatic rings. The number of hydrogen-bond donors (Lipinski definition) is 0. The summed E-state index contributed by atoms with van der Waals surface area (Å²) in [5.41, 5.74) is 0. The van der Waals surface area contributed by atoms with Crippen molar-refractivity contribution in [2.75, 3.05) is 19.6 Å². The first-order valence-corrected chi connectivity index (χ1v) is 5.01. The number of rotatable bonds is 1. The van der Waals surface area contributed by atoms with Crippen LogP contribution >= 0.6 is 0 Å². The fraction of sp³-hybridized carbons (Fsp3) is 0.778. The van der Waals surface area contributed by atoms with Gasteiger partial charge in [-0.1, -0.05) is 5.21 Å². The van der Waals surface area contributed by atoms with E-state index in [1.54, 1.807) is 6.20 Å². The van der Waals surface area contributed by atoms with Crippen molar-refractivity contribution in [3.05, 3.63) is 12.4 Å². The Kier molecular flexibility index (Phi) is 1.62. The molecule has 0 amide bonds. The molecule has 0 radical (unpaired) electrons. The summed E-state index contributed by atoms with van der Waals surface area (Å²) in [4.78, 5) is 2.53. The van der Waals surface area contributed by atoms with E-state index in [1.165, 1.54) is 32.5 Å². The lowest BCUT2D eigenvalue weighted by atomic mass is 9.84. The van der Waals surface area contributed by atoms with Gasteiger partial charge in [0.05, 0.1) is 12.2 Å². The second-order valence-corrected chi connectivity index (χ2v) is 4.09. The largest absolute Gasteiger partial charge is 0.301 e. The molecule has 2 bridgehead atoms. The van der Waals surface area contributed by atoms with Crippen LogP contribution in [0.1, 0.15) is 18.9 Å². The zero-order chi connectivity index (χ0) is 8.67. The molecule has 3 aliphatic heterocycles. The molecule has 3 fully saturated rings. The molecule has 0 aromatic carbocycles. The van der Waals surface area contributed by atoms with Crippen molar-refractivity contribution in [3.8, 4) is 0 Å². The standard InChI is InChI=1S/C9H14N4/c1-4-12-5-2-8(1)9(7-12)13-6-3-10-11-13/h3,6,8-9H,1-2,4-5,7H2. The minimum Gasteiger partial charge on any atom is -0.301 e. The first-order chi connectivity index (χ1) is 6.43. The first-order valence-electron chi connectivity index (χ1n) is 5.01. The highest BCUT2D eigenvalue weighted by atomic mass is 15.4. The normalized spacial score (nSPS) is 38.0. The lowest BCUT2D eigenvalue weighted by molar-refractivity contribution is 0.0504. The van der Waals surface area contributed by atoms with Crippen LogP contribution in [-0.4, -0.2) is 39.5 Å². The molecule has 0 aliphatic carbocycles. The van der Waals surface area contributed by atoms with E-state index in [4.69, 9.17) is 0 Å². The molecular weight excluding hydrogens is 164 g/mol. The summed E-state index contributed by atoms with van der Waals surface area (Å²) in [5.74, 6) is 0.840. The van der Waals surface area contributed by atoms with Crippen molar-refractivity contribution in [1.29, 1.82) is 0 Å². The smallest absolute Gasteiger partial charge is 0.0693 e. The fourth-order valence-corrected chi connectivity index (χ4v) is 2.63. The molecule has 4 rings (SSSR count). The molecule has 4 heteroatoms. The Balaban J connectivity index is 1.85. The Bertz CT molecular complexity index is 274. The molecule has 4 nitrogen and oxygen atoms in total. The highest BCUT2D eigenvalue weighted by molar-refractivity contribution is 4.90. The van der Waals surface area contributed by atoms with Gasteiger partial charge in [-0.15, -0.1) is 5.10 Å². The Morgan fingerprint density at radius 2 is 2.08 bits per heavy atom. The molecule has 3 saturated heterocycles. The zero-order valence-electron chi connectivity index (χ0n) is 7.63. The van der Waals surface area contributed by atoms with Crippen LogP contribution < -0.4 is 0 Å². The van der Waals surface area contributed by atoms with Crippen LogP contribution in [0, 0.1) is 5.92 Å². The molecular formula is C9H14N4. The topological polar surface area (TPSA) is 34.0 Å². The summed E-state index contributed by atoms with van der Waals surface area (Å²) in [5, 5.41) is 7.97. The second-order valence-electron chi connectivity index (χ2n) is 4.09. The quantitative estimate of drug-likeness (QED) is 0.629. The van der Waals surface area contributed by atoms with Crippen molar-refractivity contribution < 1.29 is 0 Å². The number of hydrogen-bond acceptors (Lipinski definition) is 3. The summed E-state index contributed by atoms with van der Waals surface area (Å²) < 4.78 is 2.04. The third-order valence-corrected chi connectivity index (χ3v) is 3.40. The minimum absolute atomic E-state index is 0.588. The second kappa shape index (κ2) is 2.80. The van der Waals surface area contributed by atoms with Gasteiger partial charge in [0.2, 0.25) is 0 Å². The summed E-state index contributed by atoms with van der Waals surface area (Å²) in [6, 6.07) is 0.588. The van der Waals surface area contributed by atoms with Gasteiger partial charge < -0.3 is 4.90 Å². The van der Waals surface area contributed by atoms with Gasteiger partial charge in [-0.25, -0.2) is 4.68 Å². The summed E-state index contributed by atoms with van der Waals surface area (Å²) in [6.07, 6.45) is 6.44. The lowest BCUT2D eigenvalue weighted by Gasteiger charge is -2.44. The molecule has 0 saturated carbocycles. The van der Waals surface area contributed by atoms with E-state index in [1.807, 2.05) is 10.9 Å². The van der Waals surface area contributed by atoms with E-state index in [-0.39, 0.29) is 0 Å². The Hall–Kier alpha value is -0.900. The van der Waals surface area contributed by atoms with Crippen LogP contribution in [-0.2, 0) is 0 Å². The maximum atomic E-state index is 4.10. The van der Waals surface area contributed by atoms with Gasteiger partial charge in [0, 0.05) is 12.7 Å². The third-order valence-electron chi connectivity index (χ3n) is 3.40. The van der Waals surface area contributed by atoms with Gasteiger partial charge in [-0.3, -0.25) is 0 Å². The Morgan fingerprint density at radius 3 is 2.62 bits per heavy atom. The third kappa shape index (κ3) is 1.16. The summed E-state index contributed by atoms with van der Waals surface area (Å²) in [6.45, 7) is 3.75. The van der Waals surface area contributed by atoms with Gasteiger partial charge in [0.25, 0.3) is 0 Å². The van der Waals surface area contributed by atoms with Gasteiger partial charge in [-0.2, -0.15) is 0 Å². The molecule has 4 heterocycles. The molecule has 1 atom stereocenters. The molecule has 13 heavy (non-hydrogen) atoms. The van der Waals surface area contributed by atoms with E-state index in [0.29, 0.717) is 6.04 Å². The zero-order valence-corrected chi connectivity index (χ0v) is 7.63. The van der Waals surface area contributed by atoms with Crippen molar-refractivity contribution in [1.82, 2.24) is 19.9 Å². The molecule has 0 N–H and O–H groups in total. The molecule has 1 aromatic rings. The lowest BCUT2D eigenvalue weighted by Crippen LogP contribution is -2.48. The number of piperidine rings is 3. The predicted molar refractivity (Wildman–Crippen MR) is 48.2 cm³/mol. The number of nitrogens with zero attached hydrogens (tertiary/aromatic N) is 4. The van der Waals surface area contributed by atoms with Gasteiger partial charge >= 0.3 is 0 Å². The Morgan fingerprint density at radius 1 is 1.23 bits per heavy atom. The monoisotopic (exact) mass is 178 g/mol. The first kappa shape index (κ1) is 7.50. The van der Waals surface area contributed by atoms with Crippen molar-refractivity contribution in [2.45, 2.75) is 18.9 Å². The van der Waals surface area contributed by atoms with Crippen LogP contribution in [0.2, 0.25) is 0 Å². The molecule has 70 valence electrons.